The highest BCUT2D eigenvalue weighted by molar-refractivity contribution is 6.27. The smallest absolute Gasteiger partial charge is 0.219 e. The Kier molecular flexibility index (Phi) is 8.61. The van der Waals surface area contributed by atoms with Crippen molar-refractivity contribution in [1.29, 1.82) is 10.5 Å². The van der Waals surface area contributed by atoms with Crippen LogP contribution in [-0.2, 0) is 0 Å². The Labute approximate surface area is 453 Å². The molecule has 0 spiro atoms. The van der Waals surface area contributed by atoms with E-state index in [-0.39, 0.29) is 33.9 Å². The van der Waals surface area contributed by atoms with Gasteiger partial charge < -0.3 is 27.1 Å². The molecule has 0 unspecified atom stereocenters. The number of rotatable bonds is 4. The summed E-state index contributed by atoms with van der Waals surface area (Å²) in [6, 6.07) is 74.6. The maximum Gasteiger partial charge on any atom is 0.219 e. The highest BCUT2D eigenvalue weighted by Gasteiger charge is 2.32. The minimum Gasteiger partial charge on any atom is -0.455 e. The Morgan fingerprint density at radius 3 is 1.05 bits per heavy atom. The van der Waals surface area contributed by atoms with Gasteiger partial charge in [0.1, 0.15) is 22.3 Å². The van der Waals surface area contributed by atoms with E-state index in [1.165, 1.54) is 0 Å². The summed E-state index contributed by atoms with van der Waals surface area (Å²) in [4.78, 5) is 8.45. The van der Waals surface area contributed by atoms with Crippen LogP contribution in [0.1, 0.15) is 11.1 Å². The molecule has 17 aromatic rings. The number of nitrogens with zero attached hydrogens (tertiary/aromatic N) is 8. The van der Waals surface area contributed by atoms with Crippen molar-refractivity contribution in [3.8, 4) is 34.9 Å². The van der Waals surface area contributed by atoms with Crippen molar-refractivity contribution < 1.29 is 8.83 Å². The molecule has 0 aliphatic rings. The molecule has 0 radical (unpaired) electrons. The van der Waals surface area contributed by atoms with Crippen molar-refractivity contribution in [2.45, 2.75) is 0 Å². The molecule has 6 heterocycles. The number of hydrogen-bond acceptors (Lipinski definition) is 4. The van der Waals surface area contributed by atoms with Gasteiger partial charge in [-0.2, -0.15) is 10.5 Å². The fraction of sp³-hybridized carbons (Fsp3) is 0. The highest BCUT2D eigenvalue weighted by atomic mass is 16.3. The van der Waals surface area contributed by atoms with Crippen LogP contribution >= 0.6 is 0 Å². The first-order valence-electron chi connectivity index (χ1n) is 26.1. The van der Waals surface area contributed by atoms with Crippen LogP contribution in [0.25, 0.3) is 164 Å². The monoisotopic (exact) mass is 1020 g/mol. The first-order valence-corrected chi connectivity index (χ1v) is 26.1. The largest absolute Gasteiger partial charge is 0.455 e. The minimum atomic E-state index is -0.0656. The summed E-state index contributed by atoms with van der Waals surface area (Å²) in [6.45, 7) is 18.2. The summed E-state index contributed by atoms with van der Waals surface area (Å²) in [5.74, 6) is 0. The average Bonchev–Trinajstić information content (AvgIpc) is 4.06. The summed E-state index contributed by atoms with van der Waals surface area (Å²) in [7, 11) is 0. The fourth-order valence-corrected chi connectivity index (χ4v) is 13.3. The Hall–Kier alpha value is -11.8. The molecule has 11 aromatic carbocycles. The number of benzene rings is 11. The van der Waals surface area contributed by atoms with Crippen LogP contribution in [0.4, 0.5) is 11.4 Å². The number of furan rings is 2. The standard InChI is InChI=1S/C70H34N8O2/c1-73-65-51(37-71)67(77-57-31-27-39(75-53-21-9-3-15-41(53)42-16-4-10-22-54(42)75)35-49(57)63-59(77)33-29-47-45-19-7-13-25-61(45)79-69(47)63)52(38-72)66(74-2)68(65)78-58-32-28-40(76-55-23-11-5-17-43(55)44-18-6-12-24-56(44)76)36-50(58)64-60(78)34-30-48-46-20-8-14-26-62(46)80-70(48)64/h3-36H. The van der Waals surface area contributed by atoms with Crippen molar-refractivity contribution in [3.63, 3.8) is 0 Å². The van der Waals surface area contributed by atoms with Gasteiger partial charge in [0.05, 0.1) is 103 Å². The van der Waals surface area contributed by atoms with Crippen molar-refractivity contribution in [3.05, 3.63) is 240 Å². The Bertz CT molecular complexity index is 5340. The maximum atomic E-state index is 11.7. The van der Waals surface area contributed by atoms with Gasteiger partial charge in [-0.3, -0.25) is 0 Å². The van der Waals surface area contributed by atoms with E-state index in [4.69, 9.17) is 22.0 Å². The number of fused-ring (bicyclic) bond motifs is 20. The van der Waals surface area contributed by atoms with Crippen LogP contribution in [-0.4, -0.2) is 18.3 Å². The molecule has 17 rings (SSSR count). The minimum absolute atomic E-state index is 0.0457. The van der Waals surface area contributed by atoms with Crippen LogP contribution in [0, 0.1) is 35.8 Å². The second-order valence-electron chi connectivity index (χ2n) is 20.3. The maximum absolute atomic E-state index is 11.7. The summed E-state index contributed by atoms with van der Waals surface area (Å²) < 4.78 is 21.9. The van der Waals surface area contributed by atoms with Gasteiger partial charge >= 0.3 is 0 Å². The van der Waals surface area contributed by atoms with Crippen molar-refractivity contribution in [1.82, 2.24) is 18.3 Å². The van der Waals surface area contributed by atoms with Crippen LogP contribution in [0.15, 0.2) is 215 Å². The Morgan fingerprint density at radius 1 is 0.325 bits per heavy atom. The van der Waals surface area contributed by atoms with E-state index < -0.39 is 0 Å². The number of hydrogen-bond donors (Lipinski definition) is 0. The van der Waals surface area contributed by atoms with Crippen molar-refractivity contribution in [2.75, 3.05) is 0 Å². The fourth-order valence-electron chi connectivity index (χ4n) is 13.3. The van der Waals surface area contributed by atoms with Gasteiger partial charge in [0.15, 0.2) is 0 Å². The lowest BCUT2D eigenvalue weighted by Crippen LogP contribution is -2.06. The van der Waals surface area contributed by atoms with Gasteiger partial charge in [-0.1, -0.05) is 109 Å². The van der Waals surface area contributed by atoms with E-state index in [1.54, 1.807) is 0 Å². The van der Waals surface area contributed by atoms with Crippen LogP contribution in [0.2, 0.25) is 0 Å². The SMILES string of the molecule is [C-]#[N+]c1c(C#N)c(-n2c3ccc(-n4c5ccccc5c5ccccc54)cc3c3c4oc5ccccc5c4ccc32)c(C#N)c([N+]#[C-])c1-n1c2ccc(-n3c4ccccc4c4ccccc43)cc2c2c3oc4ccccc4c3ccc21. The van der Waals surface area contributed by atoms with Gasteiger partial charge in [-0.05, 0) is 97.1 Å². The topological polar surface area (TPSA) is 102 Å². The lowest BCUT2D eigenvalue weighted by Gasteiger charge is -2.20. The van der Waals surface area contributed by atoms with E-state index >= 15 is 0 Å². The molecule has 0 amide bonds. The third kappa shape index (κ3) is 5.50. The predicted octanol–water partition coefficient (Wildman–Crippen LogP) is 18.7. The Morgan fingerprint density at radius 2 is 0.662 bits per heavy atom. The summed E-state index contributed by atoms with van der Waals surface area (Å²) in [5, 5.41) is 34.8. The van der Waals surface area contributed by atoms with E-state index in [1.807, 2.05) is 118 Å². The van der Waals surface area contributed by atoms with Crippen molar-refractivity contribution >= 4 is 142 Å². The molecular formula is C70H34N8O2. The molecule has 0 fully saturated rings. The zero-order chi connectivity index (χ0) is 53.1. The molecule has 0 aliphatic carbocycles. The number of aromatic nitrogens is 4. The zero-order valence-electron chi connectivity index (χ0n) is 42.0. The molecule has 0 bridgehead atoms. The molecular weight excluding hydrogens is 985 g/mol. The third-order valence-corrected chi connectivity index (χ3v) is 16.5. The molecule has 366 valence electrons. The predicted molar refractivity (Wildman–Crippen MR) is 320 cm³/mol. The van der Waals surface area contributed by atoms with Gasteiger partial charge in [0, 0.05) is 65.2 Å². The van der Waals surface area contributed by atoms with Crippen LogP contribution in [0.3, 0.4) is 0 Å². The van der Waals surface area contributed by atoms with Gasteiger partial charge in [-0.25, -0.2) is 9.69 Å². The second kappa shape index (κ2) is 15.9. The van der Waals surface area contributed by atoms with E-state index in [2.05, 4.69) is 128 Å². The zero-order valence-corrected chi connectivity index (χ0v) is 42.0. The van der Waals surface area contributed by atoms with Crippen molar-refractivity contribution in [2.24, 2.45) is 0 Å². The quantitative estimate of drug-likeness (QED) is 0.164. The first-order chi connectivity index (χ1) is 39.6. The first kappa shape index (κ1) is 43.4. The molecule has 80 heavy (non-hydrogen) atoms. The third-order valence-electron chi connectivity index (χ3n) is 16.5. The van der Waals surface area contributed by atoms with Crippen LogP contribution in [0.5, 0.6) is 0 Å². The van der Waals surface area contributed by atoms with E-state index in [9.17, 15) is 10.5 Å². The summed E-state index contributed by atoms with van der Waals surface area (Å²) >= 11 is 0. The molecule has 10 heteroatoms. The molecule has 0 aliphatic heterocycles. The van der Waals surface area contributed by atoms with Crippen LogP contribution < -0.4 is 0 Å². The molecule has 0 saturated carbocycles. The average molecular weight is 1020 g/mol. The highest BCUT2D eigenvalue weighted by Crippen LogP contribution is 2.51. The lowest BCUT2D eigenvalue weighted by molar-refractivity contribution is 0.672. The molecule has 0 saturated heterocycles. The molecule has 0 N–H and O–H groups in total. The Balaban J connectivity index is 0.989. The summed E-state index contributed by atoms with van der Waals surface area (Å²) in [5.41, 5.74) is 11.3. The molecule has 0 atom stereocenters. The van der Waals surface area contributed by atoms with Gasteiger partial charge in [0.2, 0.25) is 11.4 Å². The van der Waals surface area contributed by atoms with Gasteiger partial charge in [0.25, 0.3) is 0 Å². The van der Waals surface area contributed by atoms with E-state index in [0.29, 0.717) is 44.4 Å². The molecule has 10 nitrogen and oxygen atoms in total. The van der Waals surface area contributed by atoms with E-state index in [0.717, 1.165) is 98.1 Å². The number of para-hydroxylation sites is 6. The normalized spacial score (nSPS) is 11.9. The number of nitriles is 2. The molecule has 6 aromatic heterocycles. The lowest BCUT2D eigenvalue weighted by atomic mass is 10.00. The summed E-state index contributed by atoms with van der Waals surface area (Å²) in [6.07, 6.45) is 0. The van der Waals surface area contributed by atoms with Gasteiger partial charge in [-0.15, -0.1) is 0 Å². The second-order valence-corrected chi connectivity index (χ2v) is 20.3.